The van der Waals surface area contributed by atoms with Crippen LogP contribution in [0.15, 0.2) is 0 Å². The van der Waals surface area contributed by atoms with Crippen LogP contribution in [0.5, 0.6) is 0 Å². The third-order valence-electron chi connectivity index (χ3n) is 1.90. The minimum atomic E-state index is -4.25. The average Bonchev–Trinajstić information content (AvgIpc) is 2.81. The normalized spacial score (nSPS) is 16.8. The molecule has 1 amide bonds. The van der Waals surface area contributed by atoms with Crippen LogP contribution in [0.1, 0.15) is 12.8 Å². The summed E-state index contributed by atoms with van der Waals surface area (Å²) in [7, 11) is 0. The Labute approximate surface area is 80.0 Å². The van der Waals surface area contributed by atoms with Gasteiger partial charge in [-0.05, 0) is 18.8 Å². The van der Waals surface area contributed by atoms with E-state index >= 15 is 0 Å². The molecule has 1 aliphatic rings. The monoisotopic (exact) mass is 210 g/mol. The predicted octanol–water partition coefficient (Wildman–Crippen LogP) is 0.665. The summed E-state index contributed by atoms with van der Waals surface area (Å²) in [5, 5.41) is 4.59. The molecule has 0 spiro atoms. The molecule has 0 atom stereocenters. The molecule has 0 aliphatic heterocycles. The molecular weight excluding hydrogens is 197 g/mol. The lowest BCUT2D eigenvalue weighted by atomic mass is 10.4. The predicted molar refractivity (Wildman–Crippen MR) is 44.7 cm³/mol. The van der Waals surface area contributed by atoms with Gasteiger partial charge in [-0.15, -0.1) is 0 Å². The van der Waals surface area contributed by atoms with Crippen LogP contribution in [0.4, 0.5) is 13.2 Å². The summed E-state index contributed by atoms with van der Waals surface area (Å²) in [4.78, 5) is 10.9. The van der Waals surface area contributed by atoms with Gasteiger partial charge in [0.25, 0.3) is 0 Å². The molecule has 0 saturated heterocycles. The fourth-order valence-electron chi connectivity index (χ4n) is 0.960. The van der Waals surface area contributed by atoms with Crippen molar-refractivity contribution in [1.82, 2.24) is 10.6 Å². The molecule has 0 radical (unpaired) electrons. The second kappa shape index (κ2) is 4.63. The van der Waals surface area contributed by atoms with Crippen molar-refractivity contribution < 1.29 is 18.0 Å². The molecule has 14 heavy (non-hydrogen) atoms. The van der Waals surface area contributed by atoms with Gasteiger partial charge in [0.05, 0.1) is 13.1 Å². The first kappa shape index (κ1) is 11.3. The molecule has 1 saturated carbocycles. The lowest BCUT2D eigenvalue weighted by Gasteiger charge is -2.08. The summed E-state index contributed by atoms with van der Waals surface area (Å²) < 4.78 is 34.9. The Bertz CT molecular complexity index is 201. The van der Waals surface area contributed by atoms with Gasteiger partial charge >= 0.3 is 6.18 Å². The summed E-state index contributed by atoms with van der Waals surface area (Å²) in [6.07, 6.45) is -2.04. The van der Waals surface area contributed by atoms with E-state index in [1.54, 1.807) is 0 Å². The molecule has 0 aromatic heterocycles. The molecular formula is C8H13F3N2O. The van der Waals surface area contributed by atoms with Crippen molar-refractivity contribution in [2.24, 2.45) is 5.92 Å². The fourth-order valence-corrected chi connectivity index (χ4v) is 0.960. The van der Waals surface area contributed by atoms with E-state index in [2.05, 4.69) is 5.32 Å². The number of amides is 1. The zero-order chi connectivity index (χ0) is 10.6. The maximum Gasteiger partial charge on any atom is 0.401 e. The zero-order valence-electron chi connectivity index (χ0n) is 7.66. The van der Waals surface area contributed by atoms with E-state index in [4.69, 9.17) is 0 Å². The van der Waals surface area contributed by atoms with E-state index in [0.29, 0.717) is 12.5 Å². The van der Waals surface area contributed by atoms with Crippen molar-refractivity contribution in [3.8, 4) is 0 Å². The SMILES string of the molecule is O=C(CNCC(F)(F)F)NCC1CC1. The van der Waals surface area contributed by atoms with Crippen LogP contribution in [0.2, 0.25) is 0 Å². The first-order valence-electron chi connectivity index (χ1n) is 4.51. The summed E-state index contributed by atoms with van der Waals surface area (Å²) in [6.45, 7) is -0.803. The van der Waals surface area contributed by atoms with E-state index < -0.39 is 12.7 Å². The highest BCUT2D eigenvalue weighted by atomic mass is 19.4. The first-order chi connectivity index (χ1) is 6.47. The maximum absolute atomic E-state index is 11.6. The van der Waals surface area contributed by atoms with Gasteiger partial charge in [0.2, 0.25) is 5.91 Å². The molecule has 0 aromatic rings. The van der Waals surface area contributed by atoms with Crippen molar-refractivity contribution in [1.29, 1.82) is 0 Å². The van der Waals surface area contributed by atoms with Crippen LogP contribution in [0.3, 0.4) is 0 Å². The van der Waals surface area contributed by atoms with Gasteiger partial charge in [-0.2, -0.15) is 13.2 Å². The number of nitrogens with one attached hydrogen (secondary N) is 2. The second-order valence-electron chi connectivity index (χ2n) is 3.47. The molecule has 0 bridgehead atoms. The lowest BCUT2D eigenvalue weighted by Crippen LogP contribution is -2.38. The molecule has 1 fully saturated rings. The zero-order valence-corrected chi connectivity index (χ0v) is 7.66. The van der Waals surface area contributed by atoms with E-state index in [0.717, 1.165) is 12.8 Å². The van der Waals surface area contributed by atoms with Crippen molar-refractivity contribution in [2.75, 3.05) is 19.6 Å². The number of carbonyl (C=O) groups excluding carboxylic acids is 1. The van der Waals surface area contributed by atoms with Gasteiger partial charge in [0, 0.05) is 6.54 Å². The van der Waals surface area contributed by atoms with Gasteiger partial charge in [0.15, 0.2) is 0 Å². The van der Waals surface area contributed by atoms with Gasteiger partial charge in [-0.1, -0.05) is 0 Å². The number of hydrogen-bond acceptors (Lipinski definition) is 2. The van der Waals surface area contributed by atoms with Crippen LogP contribution in [0.25, 0.3) is 0 Å². The minimum Gasteiger partial charge on any atom is -0.355 e. The number of carbonyl (C=O) groups is 1. The van der Waals surface area contributed by atoms with Gasteiger partial charge in [-0.3, -0.25) is 4.79 Å². The van der Waals surface area contributed by atoms with E-state index in [9.17, 15) is 18.0 Å². The lowest BCUT2D eigenvalue weighted by molar-refractivity contribution is -0.128. The summed E-state index contributed by atoms with van der Waals surface area (Å²) in [6, 6.07) is 0. The molecule has 82 valence electrons. The van der Waals surface area contributed by atoms with Gasteiger partial charge in [0.1, 0.15) is 0 Å². The third kappa shape index (κ3) is 5.80. The summed E-state index contributed by atoms with van der Waals surface area (Å²) >= 11 is 0. The highest BCUT2D eigenvalue weighted by Gasteiger charge is 2.26. The van der Waals surface area contributed by atoms with Crippen molar-refractivity contribution in [2.45, 2.75) is 19.0 Å². The molecule has 1 rings (SSSR count). The molecule has 0 unspecified atom stereocenters. The Hall–Kier alpha value is -0.780. The van der Waals surface area contributed by atoms with Crippen LogP contribution < -0.4 is 10.6 Å². The molecule has 6 heteroatoms. The molecule has 1 aliphatic carbocycles. The van der Waals surface area contributed by atoms with Crippen LogP contribution in [0, 0.1) is 5.92 Å². The van der Waals surface area contributed by atoms with Gasteiger partial charge < -0.3 is 10.6 Å². The molecule has 0 heterocycles. The largest absolute Gasteiger partial charge is 0.401 e. The molecule has 0 aromatic carbocycles. The number of alkyl halides is 3. The quantitative estimate of drug-likeness (QED) is 0.700. The Morgan fingerprint density at radius 2 is 2.00 bits per heavy atom. The highest BCUT2D eigenvalue weighted by Crippen LogP contribution is 2.27. The Morgan fingerprint density at radius 1 is 1.36 bits per heavy atom. The first-order valence-corrected chi connectivity index (χ1v) is 4.51. The van der Waals surface area contributed by atoms with E-state index in [1.165, 1.54) is 0 Å². The van der Waals surface area contributed by atoms with E-state index in [-0.39, 0.29) is 12.5 Å². The topological polar surface area (TPSA) is 41.1 Å². The molecule has 2 N–H and O–H groups in total. The van der Waals surface area contributed by atoms with E-state index in [1.807, 2.05) is 5.32 Å². The highest BCUT2D eigenvalue weighted by molar-refractivity contribution is 5.77. The Kier molecular flexibility index (Phi) is 3.74. The number of hydrogen-bond donors (Lipinski definition) is 2. The van der Waals surface area contributed by atoms with Crippen molar-refractivity contribution in [3.63, 3.8) is 0 Å². The third-order valence-corrected chi connectivity index (χ3v) is 1.90. The Balaban J connectivity index is 1.96. The van der Waals surface area contributed by atoms with Gasteiger partial charge in [-0.25, -0.2) is 0 Å². The van der Waals surface area contributed by atoms with Crippen LogP contribution in [-0.4, -0.2) is 31.7 Å². The van der Waals surface area contributed by atoms with Crippen LogP contribution >= 0.6 is 0 Å². The standard InChI is InChI=1S/C8H13F3N2O/c9-8(10,11)5-12-4-7(14)13-3-6-1-2-6/h6,12H,1-5H2,(H,13,14). The Morgan fingerprint density at radius 3 is 2.50 bits per heavy atom. The second-order valence-corrected chi connectivity index (χ2v) is 3.47. The number of rotatable bonds is 5. The minimum absolute atomic E-state index is 0.272. The summed E-state index contributed by atoms with van der Waals surface area (Å²) in [5.41, 5.74) is 0. The average molecular weight is 210 g/mol. The van der Waals surface area contributed by atoms with Crippen molar-refractivity contribution in [3.05, 3.63) is 0 Å². The smallest absolute Gasteiger partial charge is 0.355 e. The van der Waals surface area contributed by atoms with Crippen LogP contribution in [-0.2, 0) is 4.79 Å². The van der Waals surface area contributed by atoms with Crippen molar-refractivity contribution >= 4 is 5.91 Å². The summed E-state index contributed by atoms with van der Waals surface area (Å²) in [5.74, 6) is 0.169. The number of halogens is 3. The molecule has 3 nitrogen and oxygen atoms in total. The fraction of sp³-hybridized carbons (Fsp3) is 0.875. The maximum atomic E-state index is 11.6.